The van der Waals surface area contributed by atoms with Gasteiger partial charge in [-0.05, 0) is 0 Å². The zero-order chi connectivity index (χ0) is 19.3. The van der Waals surface area contributed by atoms with E-state index in [0.29, 0.717) is 0 Å². The van der Waals surface area contributed by atoms with Gasteiger partial charge in [-0.15, -0.1) is 0 Å². The van der Waals surface area contributed by atoms with Gasteiger partial charge in [0.1, 0.15) is 0 Å². The van der Waals surface area contributed by atoms with Crippen LogP contribution in [0.4, 0.5) is 0 Å². The minimum absolute atomic E-state index is 0. The minimum Gasteiger partial charge on any atom is -1.00 e. The van der Waals surface area contributed by atoms with Crippen LogP contribution in [0.1, 0.15) is 6.92 Å². The molecule has 204 valence electrons. The molecule has 0 rings (SSSR count). The molecule has 0 unspecified atom stereocenters. The number of nitriles is 1. The first-order valence-corrected chi connectivity index (χ1v) is 7.43. The van der Waals surface area contributed by atoms with Gasteiger partial charge in [0.2, 0.25) is 0 Å². The Bertz CT molecular complexity index is 387. The molecule has 17 heteroatoms. The summed E-state index contributed by atoms with van der Waals surface area (Å²) in [4.78, 5) is 8.33. The fourth-order valence-corrected chi connectivity index (χ4v) is 2.40. The topological polar surface area (TPSA) is 42.8 Å². The molecule has 0 saturated heterocycles. The van der Waals surface area contributed by atoms with Gasteiger partial charge in [-0.2, -0.15) is 5.26 Å². The smallest absolute Gasteiger partial charge is 1.00 e. The number of nitrogens with zero attached hydrogens (tertiary/aromatic N) is 7. The van der Waals surface area contributed by atoms with Crippen LogP contribution in [-0.4, -0.2) is 178 Å². The average Bonchev–Trinajstić information content (AvgIpc) is 2.26. The van der Waals surface area contributed by atoms with Gasteiger partial charge >= 0.3 is 64.3 Å². The number of hydrogen-bond donors (Lipinski definition) is 0. The summed E-state index contributed by atoms with van der Waals surface area (Å²) in [5.41, 5.74) is 0. The molecule has 0 N–H and O–H groups in total. The Morgan fingerprint density at radius 2 is 0.576 bits per heavy atom. The van der Waals surface area contributed by atoms with E-state index in [1.807, 2.05) is 84.6 Å². The van der Waals surface area contributed by atoms with Crippen LogP contribution in [-0.2, 0) is 0 Å². The van der Waals surface area contributed by atoms with Crippen molar-refractivity contribution in [2.45, 2.75) is 6.92 Å². The number of hydrogen-bond acceptors (Lipinski definition) is 1. The maximum atomic E-state index is 7.32. The van der Waals surface area contributed by atoms with E-state index in [1.165, 1.54) is 18.8 Å². The number of halogens is 8. The summed E-state index contributed by atoms with van der Waals surface area (Å²) in [6, 6.07) is 1.75. The summed E-state index contributed by atoms with van der Waals surface area (Å²) >= 11 is 0. The SMILES string of the molecule is CC#N.CN(C)C(N(C)C)=[N+](C)C.CN(C)C(N(C)C)=[N+](C)C.[Bi+3].[Bi+3].[Cl-].[Cl-].[Cl-].[Cl-].[Cl-].[Cl-].[Cl-].[Cl-]. The summed E-state index contributed by atoms with van der Waals surface area (Å²) in [6.07, 6.45) is 0. The zero-order valence-corrected chi connectivity index (χ0v) is 34.6. The molecule has 0 amide bonds. The predicted molar refractivity (Wildman–Crippen MR) is 112 cm³/mol. The molecule has 0 heterocycles. The van der Waals surface area contributed by atoms with Gasteiger partial charge in [0.05, 0.1) is 90.6 Å². The first-order valence-electron chi connectivity index (χ1n) is 7.43. The van der Waals surface area contributed by atoms with Crippen molar-refractivity contribution in [1.82, 2.24) is 19.6 Å². The summed E-state index contributed by atoms with van der Waals surface area (Å²) in [5, 5.41) is 7.32. The maximum absolute atomic E-state index is 7.32. The molecule has 0 spiro atoms. The van der Waals surface area contributed by atoms with Crippen LogP contribution < -0.4 is 99.3 Å². The van der Waals surface area contributed by atoms with Crippen molar-refractivity contribution < 1.29 is 108 Å². The maximum Gasteiger partial charge on any atom is 3.00 e. The third kappa shape index (κ3) is 51.6. The second-order valence-corrected chi connectivity index (χ2v) is 6.19. The van der Waals surface area contributed by atoms with E-state index in [2.05, 4.69) is 28.8 Å². The molecule has 0 aromatic heterocycles. The third-order valence-corrected chi connectivity index (χ3v) is 2.40. The Labute approximate surface area is 292 Å². The van der Waals surface area contributed by atoms with Gasteiger partial charge in [0, 0.05) is 6.92 Å². The molecule has 0 fully saturated rings. The van der Waals surface area contributed by atoms with Crippen molar-refractivity contribution in [2.24, 2.45) is 0 Å². The van der Waals surface area contributed by atoms with Gasteiger partial charge in [0.25, 0.3) is 0 Å². The van der Waals surface area contributed by atoms with Crippen LogP contribution in [0.25, 0.3) is 0 Å². The molecule has 0 aromatic rings. The van der Waals surface area contributed by atoms with E-state index in [0.717, 1.165) is 0 Å². The van der Waals surface area contributed by atoms with Crippen molar-refractivity contribution in [3.63, 3.8) is 0 Å². The largest absolute Gasteiger partial charge is 3.00 e. The summed E-state index contributed by atoms with van der Waals surface area (Å²) < 4.78 is 4.17. The summed E-state index contributed by atoms with van der Waals surface area (Å²) in [5.74, 6) is 2.39. The molecule has 0 atom stereocenters. The quantitative estimate of drug-likeness (QED) is 0.105. The van der Waals surface area contributed by atoms with Crippen molar-refractivity contribution >= 4 is 64.3 Å². The van der Waals surface area contributed by atoms with Gasteiger partial charge in [-0.3, -0.25) is 28.8 Å². The molecule has 0 bridgehead atoms. The molecule has 0 aliphatic carbocycles. The van der Waals surface area contributed by atoms with E-state index >= 15 is 0 Å². The third-order valence-electron chi connectivity index (χ3n) is 2.40. The molecule has 0 aliphatic heterocycles. The standard InChI is InChI=1S/2C7H18N3.C2H3N.2Bi.8ClH/c2*1-8(2)7(9(3)4)10(5)6;1-2-3;;;;;;;;;;/h2*1-6H3;1H3;;;8*1H/q2*+1;;2*+3;;;;;;;;/p-8. The van der Waals surface area contributed by atoms with Crippen LogP contribution in [0.2, 0.25) is 0 Å². The first-order chi connectivity index (χ1) is 10.3. The van der Waals surface area contributed by atoms with Crippen LogP contribution in [0.15, 0.2) is 0 Å². The molecule has 7 nitrogen and oxygen atoms in total. The Kier molecular flexibility index (Phi) is 129. The zero-order valence-electron chi connectivity index (χ0n) is 21.5. The molecule has 33 heavy (non-hydrogen) atoms. The van der Waals surface area contributed by atoms with Crippen LogP contribution in [0, 0.1) is 11.3 Å². The number of rotatable bonds is 0. The van der Waals surface area contributed by atoms with Crippen LogP contribution in [0.3, 0.4) is 0 Å². The fourth-order valence-electron chi connectivity index (χ4n) is 2.40. The van der Waals surface area contributed by atoms with Crippen LogP contribution in [0.5, 0.6) is 0 Å². The molecular weight excluding hydrogens is 992 g/mol. The second kappa shape index (κ2) is 50.9. The Morgan fingerprint density at radius 3 is 0.576 bits per heavy atom. The fraction of sp³-hybridized carbons (Fsp3) is 0.812. The summed E-state index contributed by atoms with van der Waals surface area (Å²) in [7, 11) is 24.4. The Balaban J connectivity index is -0.0000000154. The molecular formula is C16H39Bi2Cl8N7. The van der Waals surface area contributed by atoms with E-state index < -0.39 is 0 Å². The van der Waals surface area contributed by atoms with E-state index in [4.69, 9.17) is 5.26 Å². The molecule has 0 saturated carbocycles. The van der Waals surface area contributed by atoms with Gasteiger partial charge in [-0.25, -0.2) is 0 Å². The van der Waals surface area contributed by atoms with Crippen molar-refractivity contribution in [3.05, 3.63) is 0 Å². The summed E-state index contributed by atoms with van der Waals surface area (Å²) in [6.45, 7) is 1.43. The minimum atomic E-state index is 0. The van der Waals surface area contributed by atoms with Crippen LogP contribution >= 0.6 is 0 Å². The Morgan fingerprint density at radius 1 is 0.485 bits per heavy atom. The molecule has 0 aliphatic rings. The van der Waals surface area contributed by atoms with Gasteiger partial charge in [0.15, 0.2) is 0 Å². The van der Waals surface area contributed by atoms with E-state index in [1.54, 1.807) is 6.07 Å². The van der Waals surface area contributed by atoms with Gasteiger partial charge < -0.3 is 99.3 Å². The average molecular weight is 1030 g/mol. The molecule has 4 radical (unpaired) electrons. The second-order valence-electron chi connectivity index (χ2n) is 6.19. The van der Waals surface area contributed by atoms with E-state index in [-0.39, 0.29) is 152 Å². The normalized spacial score (nSPS) is 5.70. The van der Waals surface area contributed by atoms with Gasteiger partial charge in [-0.1, -0.05) is 0 Å². The predicted octanol–water partition coefficient (Wildman–Crippen LogP) is -24.7. The first kappa shape index (κ1) is 83.6. The molecule has 0 aromatic carbocycles. The van der Waals surface area contributed by atoms with Crippen molar-refractivity contribution in [1.29, 1.82) is 5.26 Å². The monoisotopic (exact) mass is 1030 g/mol. The van der Waals surface area contributed by atoms with Crippen molar-refractivity contribution in [3.8, 4) is 6.07 Å². The van der Waals surface area contributed by atoms with Crippen molar-refractivity contribution in [2.75, 3.05) is 84.6 Å². The number of guanidine groups is 2. The van der Waals surface area contributed by atoms with E-state index in [9.17, 15) is 0 Å². The Hall–Kier alpha value is 2.12.